The van der Waals surface area contributed by atoms with Gasteiger partial charge in [-0.15, -0.1) is 0 Å². The maximum atomic E-state index is 13.9. The van der Waals surface area contributed by atoms with Gasteiger partial charge in [0.15, 0.2) is 0 Å². The molecule has 2 aromatic heterocycles. The molecule has 0 saturated heterocycles. The van der Waals surface area contributed by atoms with E-state index in [9.17, 15) is 9.18 Å². The van der Waals surface area contributed by atoms with Crippen LogP contribution in [0.15, 0.2) is 48.5 Å². The van der Waals surface area contributed by atoms with Gasteiger partial charge in [0.1, 0.15) is 17.3 Å². The predicted molar refractivity (Wildman–Crippen MR) is 176 cm³/mol. The van der Waals surface area contributed by atoms with Gasteiger partial charge < -0.3 is 18.8 Å². The molecule has 0 spiro atoms. The topological polar surface area (TPSA) is 67.5 Å². The summed E-state index contributed by atoms with van der Waals surface area (Å²) in [6.45, 7) is 10.8. The highest BCUT2D eigenvalue weighted by Gasteiger charge is 2.31. The molecule has 45 heavy (non-hydrogen) atoms. The summed E-state index contributed by atoms with van der Waals surface area (Å²) in [4.78, 5) is 13.9. The van der Waals surface area contributed by atoms with E-state index in [1.165, 1.54) is 12.1 Å². The van der Waals surface area contributed by atoms with Crippen molar-refractivity contribution >= 4 is 27.6 Å². The standard InChI is InChI=1S/C37H42FN3O4/c1-6-29-34-30(40(5)39-29)22-43-19-9-8-18-41-35-28(15-13-23(3)33(34)35)32(36(41)37(42)44-7-2)24(4)17-20-45-31-12-10-11-25-21-26(38)14-16-27(25)31/h10-16,21,24H,6-9,17-20,22H2,1-5H3. The number of esters is 1. The Morgan fingerprint density at radius 3 is 2.71 bits per heavy atom. The smallest absolute Gasteiger partial charge is 0.355 e. The van der Waals surface area contributed by atoms with E-state index in [0.717, 1.165) is 80.3 Å². The van der Waals surface area contributed by atoms with Gasteiger partial charge in [0.05, 0.1) is 36.7 Å². The van der Waals surface area contributed by atoms with Crippen molar-refractivity contribution < 1.29 is 23.4 Å². The molecular weight excluding hydrogens is 569 g/mol. The third kappa shape index (κ3) is 5.72. The molecule has 0 bridgehead atoms. The first-order valence-corrected chi connectivity index (χ1v) is 16.1. The van der Waals surface area contributed by atoms with Crippen LogP contribution in [-0.2, 0) is 36.1 Å². The molecule has 3 heterocycles. The molecule has 5 aromatic rings. The molecule has 0 aliphatic carbocycles. The Hall–Kier alpha value is -4.17. The number of halogens is 1. The molecule has 1 aliphatic rings. The highest BCUT2D eigenvalue weighted by atomic mass is 19.1. The van der Waals surface area contributed by atoms with Crippen molar-refractivity contribution in [3.63, 3.8) is 0 Å². The van der Waals surface area contributed by atoms with Crippen molar-refractivity contribution in [3.05, 3.63) is 82.6 Å². The van der Waals surface area contributed by atoms with Crippen LogP contribution in [0.2, 0.25) is 0 Å². The van der Waals surface area contributed by atoms with Gasteiger partial charge in [-0.05, 0) is 86.2 Å². The summed E-state index contributed by atoms with van der Waals surface area (Å²) in [5.41, 5.74) is 8.09. The van der Waals surface area contributed by atoms with E-state index in [4.69, 9.17) is 19.3 Å². The lowest BCUT2D eigenvalue weighted by molar-refractivity contribution is 0.0511. The van der Waals surface area contributed by atoms with Gasteiger partial charge in [0, 0.05) is 42.1 Å². The molecule has 0 radical (unpaired) electrons. The largest absolute Gasteiger partial charge is 0.493 e. The molecule has 0 amide bonds. The number of aromatic nitrogens is 3. The first kappa shape index (κ1) is 30.8. The van der Waals surface area contributed by atoms with Crippen LogP contribution in [0.4, 0.5) is 4.39 Å². The van der Waals surface area contributed by atoms with E-state index in [1.54, 1.807) is 6.07 Å². The van der Waals surface area contributed by atoms with E-state index >= 15 is 0 Å². The average molecular weight is 612 g/mol. The third-order valence-electron chi connectivity index (χ3n) is 9.03. The number of carbonyl (C=O) groups excluding carboxylic acids is 1. The molecule has 0 fully saturated rings. The monoisotopic (exact) mass is 611 g/mol. The molecular formula is C37H42FN3O4. The zero-order valence-corrected chi connectivity index (χ0v) is 26.9. The number of carbonyl (C=O) groups is 1. The van der Waals surface area contributed by atoms with Crippen LogP contribution < -0.4 is 4.74 Å². The fraction of sp³-hybridized carbons (Fsp3) is 0.405. The van der Waals surface area contributed by atoms with Crippen molar-refractivity contribution in [2.45, 2.75) is 72.4 Å². The zero-order valence-electron chi connectivity index (χ0n) is 26.9. The van der Waals surface area contributed by atoms with Gasteiger partial charge in [-0.1, -0.05) is 38.1 Å². The number of hydrogen-bond donors (Lipinski definition) is 0. The number of ether oxygens (including phenoxy) is 3. The lowest BCUT2D eigenvalue weighted by atomic mass is 9.90. The Kier molecular flexibility index (Phi) is 8.95. The minimum Gasteiger partial charge on any atom is -0.493 e. The quantitative estimate of drug-likeness (QED) is 0.165. The molecule has 8 heteroatoms. The summed E-state index contributed by atoms with van der Waals surface area (Å²) in [5, 5.41) is 7.64. The van der Waals surface area contributed by atoms with Crippen molar-refractivity contribution in [2.24, 2.45) is 7.05 Å². The Balaban J connectivity index is 1.48. The maximum absolute atomic E-state index is 13.9. The Morgan fingerprint density at radius 2 is 1.91 bits per heavy atom. The maximum Gasteiger partial charge on any atom is 0.355 e. The number of benzene rings is 3. The number of hydrogen-bond acceptors (Lipinski definition) is 5. The first-order chi connectivity index (χ1) is 21.8. The lowest BCUT2D eigenvalue weighted by Gasteiger charge is -2.16. The van der Waals surface area contributed by atoms with Crippen LogP contribution in [0.3, 0.4) is 0 Å². The SMILES string of the molecule is CCOC(=O)c1c(C(C)CCOc2cccc3cc(F)ccc23)c2ccc(C)c3c2n1CCCCOCc1c-3c(CC)nn1C. The average Bonchev–Trinajstić information content (AvgIpc) is 3.51. The molecule has 1 atom stereocenters. The molecule has 7 nitrogen and oxygen atoms in total. The number of fused-ring (bicyclic) bond motifs is 3. The number of rotatable bonds is 8. The van der Waals surface area contributed by atoms with Gasteiger partial charge in [0.2, 0.25) is 0 Å². The van der Waals surface area contributed by atoms with Crippen LogP contribution in [0.5, 0.6) is 5.75 Å². The van der Waals surface area contributed by atoms with Crippen molar-refractivity contribution in [1.82, 2.24) is 14.3 Å². The van der Waals surface area contributed by atoms with E-state index in [2.05, 4.69) is 37.5 Å². The molecule has 3 aromatic carbocycles. The summed E-state index contributed by atoms with van der Waals surface area (Å²) < 4.78 is 36.2. The third-order valence-corrected chi connectivity index (χ3v) is 9.03. The summed E-state index contributed by atoms with van der Waals surface area (Å²) in [7, 11) is 1.99. The van der Waals surface area contributed by atoms with Crippen LogP contribution >= 0.6 is 0 Å². The Labute approximate surface area is 263 Å². The lowest BCUT2D eigenvalue weighted by Crippen LogP contribution is -2.16. The highest BCUT2D eigenvalue weighted by molar-refractivity contribution is 6.06. The molecule has 0 saturated carbocycles. The second-order valence-electron chi connectivity index (χ2n) is 12.0. The van der Waals surface area contributed by atoms with E-state index in [0.29, 0.717) is 45.1 Å². The summed E-state index contributed by atoms with van der Waals surface area (Å²) in [6, 6.07) is 14.8. The van der Waals surface area contributed by atoms with Gasteiger partial charge in [-0.3, -0.25) is 4.68 Å². The molecule has 6 rings (SSSR count). The van der Waals surface area contributed by atoms with Crippen LogP contribution in [-0.4, -0.2) is 40.1 Å². The minimum absolute atomic E-state index is 0.00798. The number of aryl methyl sites for hydroxylation is 4. The molecule has 1 unspecified atom stereocenters. The second-order valence-corrected chi connectivity index (χ2v) is 12.0. The van der Waals surface area contributed by atoms with Crippen molar-refractivity contribution in [1.29, 1.82) is 0 Å². The van der Waals surface area contributed by atoms with Gasteiger partial charge >= 0.3 is 5.97 Å². The fourth-order valence-corrected chi connectivity index (χ4v) is 6.84. The summed E-state index contributed by atoms with van der Waals surface area (Å²) in [5.74, 6) is 0.142. The fourth-order valence-electron chi connectivity index (χ4n) is 6.84. The van der Waals surface area contributed by atoms with Gasteiger partial charge in [-0.25, -0.2) is 9.18 Å². The summed E-state index contributed by atoms with van der Waals surface area (Å²) in [6.07, 6.45) is 3.21. The molecule has 0 N–H and O–H groups in total. The Bertz CT molecular complexity index is 1870. The van der Waals surface area contributed by atoms with Crippen LogP contribution in [0.25, 0.3) is 32.8 Å². The zero-order chi connectivity index (χ0) is 31.7. The Morgan fingerprint density at radius 1 is 1.09 bits per heavy atom. The van der Waals surface area contributed by atoms with Gasteiger partial charge in [-0.2, -0.15) is 5.10 Å². The molecule has 236 valence electrons. The van der Waals surface area contributed by atoms with E-state index in [-0.39, 0.29) is 17.7 Å². The normalized spacial score (nSPS) is 14.3. The summed E-state index contributed by atoms with van der Waals surface area (Å²) >= 11 is 0. The molecule has 1 aliphatic heterocycles. The van der Waals surface area contributed by atoms with Crippen molar-refractivity contribution in [3.8, 4) is 16.9 Å². The first-order valence-electron chi connectivity index (χ1n) is 16.1. The minimum atomic E-state index is -0.301. The number of nitrogens with zero attached hydrogens (tertiary/aromatic N) is 3. The van der Waals surface area contributed by atoms with Crippen LogP contribution in [0, 0.1) is 12.7 Å². The van der Waals surface area contributed by atoms with Crippen LogP contribution in [0.1, 0.15) is 79.0 Å². The van der Waals surface area contributed by atoms with Crippen molar-refractivity contribution in [2.75, 3.05) is 19.8 Å². The second kappa shape index (κ2) is 13.1. The van der Waals surface area contributed by atoms with E-state index in [1.807, 2.05) is 36.9 Å². The predicted octanol–water partition coefficient (Wildman–Crippen LogP) is 8.26. The highest BCUT2D eigenvalue weighted by Crippen LogP contribution is 2.43. The van der Waals surface area contributed by atoms with Gasteiger partial charge in [0.25, 0.3) is 0 Å². The van der Waals surface area contributed by atoms with E-state index < -0.39 is 0 Å².